The molecule has 0 spiro atoms. The Morgan fingerprint density at radius 1 is 1.24 bits per heavy atom. The van der Waals surface area contributed by atoms with Gasteiger partial charge in [-0.05, 0) is 43.7 Å². The van der Waals surface area contributed by atoms with Gasteiger partial charge in [-0.15, -0.1) is 0 Å². The molecule has 0 amide bonds. The van der Waals surface area contributed by atoms with Crippen LogP contribution in [0, 0.1) is 12.3 Å². The highest BCUT2D eigenvalue weighted by Crippen LogP contribution is 2.26. The van der Waals surface area contributed by atoms with Gasteiger partial charge in [0.15, 0.2) is 0 Å². The predicted molar refractivity (Wildman–Crippen MR) is 76.4 cm³/mol. The fourth-order valence-corrected chi connectivity index (χ4v) is 2.19. The molecule has 0 aliphatic rings. The van der Waals surface area contributed by atoms with Gasteiger partial charge in [-0.1, -0.05) is 50.6 Å². The first-order chi connectivity index (χ1) is 8.09. The van der Waals surface area contributed by atoms with E-state index < -0.39 is 0 Å². The number of aryl methyl sites for hydroxylation is 1. The maximum Gasteiger partial charge on any atom is 0.000824 e. The molecule has 0 saturated heterocycles. The van der Waals surface area contributed by atoms with Crippen LogP contribution >= 0.6 is 0 Å². The van der Waals surface area contributed by atoms with Crippen molar-refractivity contribution < 1.29 is 0 Å². The maximum atomic E-state index is 3.56. The van der Waals surface area contributed by atoms with Crippen molar-refractivity contribution in [1.82, 2.24) is 5.32 Å². The second-order valence-electron chi connectivity index (χ2n) is 5.51. The van der Waals surface area contributed by atoms with Crippen LogP contribution in [0.5, 0.6) is 0 Å². The van der Waals surface area contributed by atoms with Gasteiger partial charge in [0.2, 0.25) is 0 Å². The molecule has 1 N–H and O–H groups in total. The largest absolute Gasteiger partial charge is 0.316 e. The molecular formula is C16H27N. The van der Waals surface area contributed by atoms with Crippen LogP contribution in [0.3, 0.4) is 0 Å². The average Bonchev–Trinajstić information content (AvgIpc) is 2.29. The Hall–Kier alpha value is -0.820. The summed E-state index contributed by atoms with van der Waals surface area (Å²) < 4.78 is 0. The Balaban J connectivity index is 2.61. The summed E-state index contributed by atoms with van der Waals surface area (Å²) in [5.41, 5.74) is 3.21. The van der Waals surface area contributed by atoms with Crippen molar-refractivity contribution in [2.45, 2.75) is 47.0 Å². The molecule has 1 aromatic rings. The molecular weight excluding hydrogens is 206 g/mol. The molecule has 1 atom stereocenters. The maximum absolute atomic E-state index is 3.56. The molecule has 0 aromatic heterocycles. The van der Waals surface area contributed by atoms with Crippen molar-refractivity contribution in [2.75, 3.05) is 13.1 Å². The van der Waals surface area contributed by atoms with E-state index in [0.29, 0.717) is 5.41 Å². The molecule has 17 heavy (non-hydrogen) atoms. The van der Waals surface area contributed by atoms with Crippen LogP contribution in [0.25, 0.3) is 0 Å². The lowest BCUT2D eigenvalue weighted by molar-refractivity contribution is 0.291. The van der Waals surface area contributed by atoms with Crippen LogP contribution in [0.2, 0.25) is 0 Å². The highest BCUT2D eigenvalue weighted by molar-refractivity contribution is 5.23. The third kappa shape index (κ3) is 4.91. The van der Waals surface area contributed by atoms with Gasteiger partial charge in [-0.25, -0.2) is 0 Å². The molecule has 0 radical (unpaired) electrons. The van der Waals surface area contributed by atoms with E-state index in [1.807, 2.05) is 0 Å². The quantitative estimate of drug-likeness (QED) is 0.703. The van der Waals surface area contributed by atoms with Gasteiger partial charge >= 0.3 is 0 Å². The van der Waals surface area contributed by atoms with E-state index in [0.717, 1.165) is 13.1 Å². The van der Waals surface area contributed by atoms with Crippen molar-refractivity contribution in [2.24, 2.45) is 5.41 Å². The molecule has 0 aliphatic heterocycles. The third-order valence-electron chi connectivity index (χ3n) is 3.55. The van der Waals surface area contributed by atoms with E-state index in [4.69, 9.17) is 0 Å². The van der Waals surface area contributed by atoms with E-state index in [-0.39, 0.29) is 0 Å². The van der Waals surface area contributed by atoms with Crippen LogP contribution < -0.4 is 5.32 Å². The van der Waals surface area contributed by atoms with Crippen LogP contribution in [-0.4, -0.2) is 13.1 Å². The second-order valence-corrected chi connectivity index (χ2v) is 5.51. The summed E-state index contributed by atoms with van der Waals surface area (Å²) in [6.45, 7) is 11.3. The minimum Gasteiger partial charge on any atom is -0.316 e. The first-order valence-electron chi connectivity index (χ1n) is 6.86. The lowest BCUT2D eigenvalue weighted by atomic mass is 9.81. The minimum absolute atomic E-state index is 0.378. The van der Waals surface area contributed by atoms with E-state index in [1.165, 1.54) is 30.4 Å². The van der Waals surface area contributed by atoms with Crippen molar-refractivity contribution in [3.63, 3.8) is 0 Å². The van der Waals surface area contributed by atoms with Crippen molar-refractivity contribution in [3.05, 3.63) is 35.4 Å². The zero-order valence-electron chi connectivity index (χ0n) is 11.8. The highest BCUT2D eigenvalue weighted by Gasteiger charge is 2.21. The second kappa shape index (κ2) is 6.80. The smallest absolute Gasteiger partial charge is 0.000824 e. The number of nitrogens with one attached hydrogen (secondary N) is 1. The van der Waals surface area contributed by atoms with Crippen LogP contribution in [0.1, 0.15) is 44.7 Å². The Morgan fingerprint density at radius 2 is 2.00 bits per heavy atom. The van der Waals surface area contributed by atoms with Crippen LogP contribution in [0.15, 0.2) is 24.3 Å². The van der Waals surface area contributed by atoms with Crippen molar-refractivity contribution >= 4 is 0 Å². The highest BCUT2D eigenvalue weighted by atomic mass is 14.9. The molecule has 1 nitrogen and oxygen atoms in total. The van der Waals surface area contributed by atoms with Gasteiger partial charge in [0, 0.05) is 6.54 Å². The molecule has 1 rings (SSSR count). The number of hydrogen-bond donors (Lipinski definition) is 1. The number of hydrogen-bond acceptors (Lipinski definition) is 1. The lowest BCUT2D eigenvalue weighted by Crippen LogP contribution is -2.33. The molecule has 1 aromatic carbocycles. The normalized spacial score (nSPS) is 14.6. The molecule has 0 heterocycles. The fraction of sp³-hybridized carbons (Fsp3) is 0.625. The van der Waals surface area contributed by atoms with Crippen LogP contribution in [0.4, 0.5) is 0 Å². The van der Waals surface area contributed by atoms with Crippen molar-refractivity contribution in [3.8, 4) is 0 Å². The molecule has 0 aliphatic carbocycles. The summed E-state index contributed by atoms with van der Waals surface area (Å²) >= 11 is 0. The first kappa shape index (κ1) is 14.2. The third-order valence-corrected chi connectivity index (χ3v) is 3.55. The molecule has 96 valence electrons. The molecule has 1 unspecified atom stereocenters. The Labute approximate surface area is 107 Å². The Kier molecular flexibility index (Phi) is 5.70. The first-order valence-corrected chi connectivity index (χ1v) is 6.86. The number of benzene rings is 1. The Morgan fingerprint density at radius 3 is 2.59 bits per heavy atom. The van der Waals surface area contributed by atoms with E-state index in [9.17, 15) is 0 Å². The lowest BCUT2D eigenvalue weighted by Gasteiger charge is -2.29. The summed E-state index contributed by atoms with van der Waals surface area (Å²) in [5.74, 6) is 0. The monoisotopic (exact) mass is 233 g/mol. The summed E-state index contributed by atoms with van der Waals surface area (Å²) in [5, 5.41) is 3.56. The fourth-order valence-electron chi connectivity index (χ4n) is 2.19. The van der Waals surface area contributed by atoms with Gasteiger partial charge < -0.3 is 5.32 Å². The van der Waals surface area contributed by atoms with Gasteiger partial charge in [0.1, 0.15) is 0 Å². The Bertz CT molecular complexity index is 332. The molecule has 0 bridgehead atoms. The SMILES string of the molecule is CCCNCC(C)(CC)Cc1cccc(C)c1. The molecule has 1 heteroatoms. The minimum atomic E-state index is 0.378. The van der Waals surface area contributed by atoms with Crippen molar-refractivity contribution in [1.29, 1.82) is 0 Å². The van der Waals surface area contributed by atoms with Gasteiger partial charge in [0.05, 0.1) is 0 Å². The van der Waals surface area contributed by atoms with E-state index in [2.05, 4.69) is 57.3 Å². The summed E-state index contributed by atoms with van der Waals surface area (Å²) in [6, 6.07) is 8.90. The van der Waals surface area contributed by atoms with E-state index in [1.54, 1.807) is 0 Å². The van der Waals surface area contributed by atoms with Gasteiger partial charge in [-0.3, -0.25) is 0 Å². The molecule has 0 saturated carbocycles. The number of rotatable bonds is 7. The van der Waals surface area contributed by atoms with Gasteiger partial charge in [-0.2, -0.15) is 0 Å². The summed E-state index contributed by atoms with van der Waals surface area (Å²) in [7, 11) is 0. The van der Waals surface area contributed by atoms with Gasteiger partial charge in [0.25, 0.3) is 0 Å². The standard InChI is InChI=1S/C16H27N/c1-5-10-17-13-16(4,6-2)12-15-9-7-8-14(3)11-15/h7-9,11,17H,5-6,10,12-13H2,1-4H3. The predicted octanol–water partition coefficient (Wildman–Crippen LogP) is 3.95. The zero-order chi connectivity index (χ0) is 12.7. The summed E-state index contributed by atoms with van der Waals surface area (Å²) in [4.78, 5) is 0. The molecule has 0 fully saturated rings. The zero-order valence-corrected chi connectivity index (χ0v) is 11.8. The average molecular weight is 233 g/mol. The summed E-state index contributed by atoms with van der Waals surface area (Å²) in [6.07, 6.45) is 3.60. The van der Waals surface area contributed by atoms with E-state index >= 15 is 0 Å². The topological polar surface area (TPSA) is 12.0 Å². The van der Waals surface area contributed by atoms with Crippen LogP contribution in [-0.2, 0) is 6.42 Å².